The Labute approximate surface area is 175 Å². The Morgan fingerprint density at radius 2 is 1.87 bits per heavy atom. The minimum Gasteiger partial charge on any atom is -0.396 e. The third-order valence-corrected chi connectivity index (χ3v) is 6.70. The van der Waals surface area contributed by atoms with Gasteiger partial charge in [-0.15, -0.1) is 0 Å². The molecule has 0 heterocycles. The highest BCUT2D eigenvalue weighted by molar-refractivity contribution is 7.92. The molecule has 4 N–H and O–H groups in total. The summed E-state index contributed by atoms with van der Waals surface area (Å²) in [6.07, 6.45) is 3.58. The van der Waals surface area contributed by atoms with E-state index < -0.39 is 26.8 Å². The number of nitrogens with one attached hydrogen (secondary N) is 3. The van der Waals surface area contributed by atoms with Crippen molar-refractivity contribution in [1.29, 1.82) is 0 Å². The van der Waals surface area contributed by atoms with Crippen LogP contribution in [0.3, 0.4) is 0 Å². The third kappa shape index (κ3) is 5.28. The monoisotopic (exact) mass is 435 g/mol. The van der Waals surface area contributed by atoms with Crippen LogP contribution in [-0.4, -0.2) is 32.2 Å². The Bertz CT molecular complexity index is 999. The van der Waals surface area contributed by atoms with Crippen LogP contribution in [0.25, 0.3) is 0 Å². The zero-order chi connectivity index (χ0) is 21.7. The van der Waals surface area contributed by atoms with E-state index in [-0.39, 0.29) is 24.3 Å². The molecule has 0 bridgehead atoms. The number of hydrogen-bond donors (Lipinski definition) is 4. The largest absolute Gasteiger partial charge is 0.396 e. The molecule has 0 radical (unpaired) electrons. The molecule has 0 aromatic heterocycles. The van der Waals surface area contributed by atoms with Crippen LogP contribution in [0.15, 0.2) is 47.4 Å². The van der Waals surface area contributed by atoms with E-state index in [4.69, 9.17) is 0 Å². The van der Waals surface area contributed by atoms with E-state index in [0.717, 1.165) is 37.8 Å². The average molecular weight is 436 g/mol. The van der Waals surface area contributed by atoms with Crippen LogP contribution in [-0.2, 0) is 10.0 Å². The number of carbonyl (C=O) groups is 1. The van der Waals surface area contributed by atoms with Crippen LogP contribution in [0.5, 0.6) is 0 Å². The summed E-state index contributed by atoms with van der Waals surface area (Å²) in [6, 6.07) is 9.67. The lowest BCUT2D eigenvalue weighted by molar-refractivity contribution is 0.156. The third-order valence-electron chi connectivity index (χ3n) is 5.30. The first-order chi connectivity index (χ1) is 14.3. The van der Waals surface area contributed by atoms with Crippen LogP contribution in [0.1, 0.15) is 31.2 Å². The van der Waals surface area contributed by atoms with E-state index in [1.54, 1.807) is 37.3 Å². The van der Waals surface area contributed by atoms with Crippen LogP contribution >= 0.6 is 0 Å². The maximum Gasteiger partial charge on any atom is 0.319 e. The first-order valence-electron chi connectivity index (χ1n) is 9.86. The molecule has 1 aliphatic rings. The van der Waals surface area contributed by atoms with Crippen molar-refractivity contribution in [1.82, 2.24) is 5.32 Å². The molecular weight excluding hydrogens is 409 g/mol. The highest BCUT2D eigenvalue weighted by atomic mass is 32.2. The Morgan fingerprint density at radius 3 is 2.57 bits per heavy atom. The molecule has 1 fully saturated rings. The van der Waals surface area contributed by atoms with Crippen molar-refractivity contribution in [2.45, 2.75) is 43.5 Å². The van der Waals surface area contributed by atoms with Crippen LogP contribution in [0, 0.1) is 18.7 Å². The minimum atomic E-state index is -4.19. The summed E-state index contributed by atoms with van der Waals surface area (Å²) >= 11 is 0. The number of amides is 2. The molecule has 2 aromatic rings. The normalized spacial score (nSPS) is 19.2. The van der Waals surface area contributed by atoms with E-state index in [1.165, 1.54) is 0 Å². The van der Waals surface area contributed by atoms with Gasteiger partial charge in [-0.2, -0.15) is 0 Å². The summed E-state index contributed by atoms with van der Waals surface area (Å²) in [4.78, 5) is 11.9. The van der Waals surface area contributed by atoms with Gasteiger partial charge in [0.2, 0.25) is 0 Å². The van der Waals surface area contributed by atoms with Gasteiger partial charge in [0.05, 0.1) is 0 Å². The van der Waals surface area contributed by atoms with Gasteiger partial charge in [0.1, 0.15) is 10.7 Å². The second-order valence-electron chi connectivity index (χ2n) is 7.50. The second-order valence-corrected chi connectivity index (χ2v) is 9.15. The Kier molecular flexibility index (Phi) is 6.94. The topological polar surface area (TPSA) is 108 Å². The van der Waals surface area contributed by atoms with Crippen molar-refractivity contribution in [2.24, 2.45) is 5.92 Å². The van der Waals surface area contributed by atoms with Gasteiger partial charge in [-0.3, -0.25) is 4.72 Å². The fraction of sp³-hybridized carbons (Fsp3) is 0.381. The van der Waals surface area contributed by atoms with Crippen molar-refractivity contribution in [3.63, 3.8) is 0 Å². The predicted octanol–water partition coefficient (Wildman–Crippen LogP) is 3.61. The average Bonchev–Trinajstić information content (AvgIpc) is 2.70. The van der Waals surface area contributed by atoms with Gasteiger partial charge in [-0.05, 0) is 49.6 Å². The van der Waals surface area contributed by atoms with Crippen molar-refractivity contribution < 1.29 is 22.7 Å². The molecule has 0 saturated heterocycles. The molecule has 1 aliphatic carbocycles. The van der Waals surface area contributed by atoms with Gasteiger partial charge < -0.3 is 15.7 Å². The van der Waals surface area contributed by atoms with E-state index in [0.29, 0.717) is 11.3 Å². The van der Waals surface area contributed by atoms with Gasteiger partial charge in [0.15, 0.2) is 0 Å². The summed E-state index contributed by atoms with van der Waals surface area (Å²) in [5.41, 5.74) is 0.888. The number of anilines is 2. The smallest absolute Gasteiger partial charge is 0.319 e. The molecule has 3 rings (SSSR count). The van der Waals surface area contributed by atoms with E-state index in [9.17, 15) is 22.7 Å². The molecule has 2 aromatic carbocycles. The predicted molar refractivity (Wildman–Crippen MR) is 113 cm³/mol. The molecule has 0 spiro atoms. The molecule has 30 heavy (non-hydrogen) atoms. The molecule has 2 amide bonds. The Hall–Kier alpha value is -2.65. The van der Waals surface area contributed by atoms with Gasteiger partial charge in [0, 0.05) is 29.9 Å². The number of hydrogen-bond acceptors (Lipinski definition) is 4. The highest BCUT2D eigenvalue weighted by Crippen LogP contribution is 2.27. The summed E-state index contributed by atoms with van der Waals surface area (Å²) < 4.78 is 42.1. The molecule has 2 atom stereocenters. The Morgan fingerprint density at radius 1 is 1.17 bits per heavy atom. The van der Waals surface area contributed by atoms with Gasteiger partial charge in [-0.1, -0.05) is 31.0 Å². The number of aliphatic hydroxyl groups excluding tert-OH is 1. The molecule has 162 valence electrons. The van der Waals surface area contributed by atoms with E-state index in [2.05, 4.69) is 15.4 Å². The fourth-order valence-electron chi connectivity index (χ4n) is 3.65. The molecular formula is C21H26FN3O4S. The van der Waals surface area contributed by atoms with Crippen molar-refractivity contribution in [3.05, 3.63) is 53.8 Å². The van der Waals surface area contributed by atoms with Crippen LogP contribution in [0.2, 0.25) is 0 Å². The van der Waals surface area contributed by atoms with Crippen molar-refractivity contribution in [2.75, 3.05) is 16.6 Å². The van der Waals surface area contributed by atoms with E-state index in [1.807, 2.05) is 0 Å². The maximum absolute atomic E-state index is 14.5. The number of aryl methyl sites for hydroxylation is 1. The lowest BCUT2D eigenvalue weighted by Crippen LogP contribution is -2.45. The van der Waals surface area contributed by atoms with Crippen molar-refractivity contribution in [3.8, 4) is 0 Å². The van der Waals surface area contributed by atoms with Crippen molar-refractivity contribution >= 4 is 27.4 Å². The lowest BCUT2D eigenvalue weighted by atomic mass is 9.85. The quantitative estimate of drug-likeness (QED) is 0.556. The summed E-state index contributed by atoms with van der Waals surface area (Å²) in [5, 5.41) is 15.0. The number of para-hydroxylation sites is 1. The maximum atomic E-state index is 14.5. The lowest BCUT2D eigenvalue weighted by Gasteiger charge is -2.30. The molecule has 7 nitrogen and oxygen atoms in total. The Balaban J connectivity index is 1.78. The zero-order valence-electron chi connectivity index (χ0n) is 16.7. The summed E-state index contributed by atoms with van der Waals surface area (Å²) in [5.74, 6) is -0.917. The van der Waals surface area contributed by atoms with Crippen LogP contribution < -0.4 is 15.4 Å². The number of benzene rings is 2. The number of halogens is 1. The molecule has 9 heteroatoms. The molecule has 1 saturated carbocycles. The van der Waals surface area contributed by atoms with Gasteiger partial charge in [-0.25, -0.2) is 17.6 Å². The standard InChI is InChI=1S/C21H26FN3O4S/c1-14-11-17(22)20(30(28,29)25-16-8-3-2-4-9-16)12-19(14)24-21(27)23-18-10-6-5-7-15(18)13-26/h2-4,8-9,11-12,15,18,25-26H,5-7,10,13H2,1H3,(H2,23,24,27)/t15-,18-/m1/s1. The van der Waals surface area contributed by atoms with Gasteiger partial charge in [0.25, 0.3) is 10.0 Å². The molecule has 0 aliphatic heterocycles. The highest BCUT2D eigenvalue weighted by Gasteiger charge is 2.26. The van der Waals surface area contributed by atoms with Crippen LogP contribution in [0.4, 0.5) is 20.6 Å². The number of urea groups is 1. The SMILES string of the molecule is Cc1cc(F)c(S(=O)(=O)Nc2ccccc2)cc1NC(=O)N[C@@H]1CCCC[C@@H]1CO. The fourth-order valence-corrected chi connectivity index (χ4v) is 4.80. The van der Waals surface area contributed by atoms with Gasteiger partial charge >= 0.3 is 6.03 Å². The number of aliphatic hydroxyl groups is 1. The zero-order valence-corrected chi connectivity index (χ0v) is 17.5. The number of rotatable bonds is 6. The first kappa shape index (κ1) is 22.0. The minimum absolute atomic E-state index is 0.00588. The first-order valence-corrected chi connectivity index (χ1v) is 11.3. The summed E-state index contributed by atoms with van der Waals surface area (Å²) in [6.45, 7) is 1.57. The molecule has 0 unspecified atom stereocenters. The second kappa shape index (κ2) is 9.44. The van der Waals surface area contributed by atoms with E-state index >= 15 is 0 Å². The summed E-state index contributed by atoms with van der Waals surface area (Å²) in [7, 11) is -4.19. The number of carbonyl (C=O) groups excluding carboxylic acids is 1. The number of sulfonamides is 1.